The molecule has 0 heterocycles. The zero-order valence-electron chi connectivity index (χ0n) is 13.5. The number of carbonyl (C=O) groups is 3. The number of aliphatic carboxylic acids is 1. The van der Waals surface area contributed by atoms with E-state index in [1.807, 2.05) is 0 Å². The van der Waals surface area contributed by atoms with Crippen molar-refractivity contribution in [3.8, 4) is 0 Å². The third kappa shape index (κ3) is 5.02. The Morgan fingerprint density at radius 3 is 2.12 bits per heavy atom. The van der Waals surface area contributed by atoms with Crippen LogP contribution in [0.5, 0.6) is 0 Å². The summed E-state index contributed by atoms with van der Waals surface area (Å²) in [6, 6.07) is 5.16. The van der Waals surface area contributed by atoms with Gasteiger partial charge in [-0.1, -0.05) is 0 Å². The second-order valence-electron chi connectivity index (χ2n) is 6.11. The summed E-state index contributed by atoms with van der Waals surface area (Å²) in [6.45, 7) is 0. The van der Waals surface area contributed by atoms with Gasteiger partial charge in [-0.2, -0.15) is 0 Å². The number of rotatable bonds is 6. The molecule has 1 aliphatic rings. The second-order valence-corrected chi connectivity index (χ2v) is 8.10. The molecule has 2 amide bonds. The number of hydrogen-bond donors (Lipinski definition) is 3. The summed E-state index contributed by atoms with van der Waals surface area (Å²) in [5.41, 5.74) is 5.20. The molecule has 0 aromatic heterocycles. The minimum atomic E-state index is -3.81. The molecule has 0 bridgehead atoms. The van der Waals surface area contributed by atoms with Crippen LogP contribution < -0.4 is 11.1 Å². The van der Waals surface area contributed by atoms with Crippen LogP contribution in [0.2, 0.25) is 0 Å². The van der Waals surface area contributed by atoms with Crippen molar-refractivity contribution < 1.29 is 27.9 Å². The van der Waals surface area contributed by atoms with E-state index in [4.69, 9.17) is 10.8 Å². The van der Waals surface area contributed by atoms with Gasteiger partial charge in [0.1, 0.15) is 5.75 Å². The van der Waals surface area contributed by atoms with E-state index in [2.05, 4.69) is 5.32 Å². The molecule has 4 N–H and O–H groups in total. The van der Waals surface area contributed by atoms with E-state index in [1.54, 1.807) is 0 Å². The van der Waals surface area contributed by atoms with Gasteiger partial charge < -0.3 is 16.2 Å². The number of benzene rings is 1. The number of carboxylic acid groups (broad SMARTS) is 1. The van der Waals surface area contributed by atoms with Crippen molar-refractivity contribution in [2.45, 2.75) is 36.6 Å². The van der Waals surface area contributed by atoms with Crippen LogP contribution in [0.15, 0.2) is 29.2 Å². The summed E-state index contributed by atoms with van der Waals surface area (Å²) >= 11 is 0. The van der Waals surface area contributed by atoms with E-state index in [-0.39, 0.29) is 22.8 Å². The molecule has 8 nitrogen and oxygen atoms in total. The first-order chi connectivity index (χ1) is 11.7. The Kier molecular flexibility index (Phi) is 5.78. The smallest absolute Gasteiger partial charge is 0.306 e. The minimum Gasteiger partial charge on any atom is -0.481 e. The highest BCUT2D eigenvalue weighted by molar-refractivity contribution is 7.92. The van der Waals surface area contributed by atoms with E-state index in [9.17, 15) is 22.8 Å². The first-order valence-corrected chi connectivity index (χ1v) is 9.49. The number of sulfone groups is 1. The first-order valence-electron chi connectivity index (χ1n) is 7.84. The Balaban J connectivity index is 1.97. The van der Waals surface area contributed by atoms with Gasteiger partial charge in [0.25, 0.3) is 5.91 Å². The molecule has 9 heteroatoms. The molecular formula is C16H20N2O6S. The maximum atomic E-state index is 12.2. The largest absolute Gasteiger partial charge is 0.481 e. The van der Waals surface area contributed by atoms with Gasteiger partial charge in [0.2, 0.25) is 5.91 Å². The van der Waals surface area contributed by atoms with E-state index in [0.29, 0.717) is 31.2 Å². The van der Waals surface area contributed by atoms with Crippen molar-refractivity contribution in [3.63, 3.8) is 0 Å². The van der Waals surface area contributed by atoms with Crippen LogP contribution in [0.4, 0.5) is 0 Å². The van der Waals surface area contributed by atoms with Crippen LogP contribution in [-0.4, -0.2) is 43.1 Å². The minimum absolute atomic E-state index is 0.0789. The highest BCUT2D eigenvalue weighted by atomic mass is 32.2. The van der Waals surface area contributed by atoms with Crippen molar-refractivity contribution >= 4 is 27.6 Å². The maximum Gasteiger partial charge on any atom is 0.306 e. The summed E-state index contributed by atoms with van der Waals surface area (Å²) in [4.78, 5) is 33.8. The topological polar surface area (TPSA) is 144 Å². The van der Waals surface area contributed by atoms with Gasteiger partial charge in [0, 0.05) is 11.6 Å². The van der Waals surface area contributed by atoms with Gasteiger partial charge >= 0.3 is 5.97 Å². The number of nitrogens with two attached hydrogens (primary N) is 1. The molecule has 1 aromatic rings. The number of nitrogens with one attached hydrogen (secondary N) is 1. The van der Waals surface area contributed by atoms with Crippen molar-refractivity contribution in [2.75, 3.05) is 5.75 Å². The molecule has 136 valence electrons. The highest BCUT2D eigenvalue weighted by Crippen LogP contribution is 2.24. The van der Waals surface area contributed by atoms with Crippen LogP contribution >= 0.6 is 0 Å². The van der Waals surface area contributed by atoms with E-state index < -0.39 is 27.5 Å². The van der Waals surface area contributed by atoms with Crippen LogP contribution in [0.1, 0.15) is 36.0 Å². The summed E-state index contributed by atoms with van der Waals surface area (Å²) in [6.07, 6.45) is 2.22. The average Bonchev–Trinajstić information content (AvgIpc) is 2.54. The summed E-state index contributed by atoms with van der Waals surface area (Å²) < 4.78 is 23.8. The Labute approximate surface area is 145 Å². The zero-order valence-corrected chi connectivity index (χ0v) is 14.3. The predicted octanol–water partition coefficient (Wildman–Crippen LogP) is 0.319. The maximum absolute atomic E-state index is 12.2. The zero-order chi connectivity index (χ0) is 18.6. The monoisotopic (exact) mass is 368 g/mol. The molecule has 0 radical (unpaired) electrons. The van der Waals surface area contributed by atoms with Gasteiger partial charge in [0.15, 0.2) is 9.84 Å². The van der Waals surface area contributed by atoms with E-state index in [0.717, 1.165) is 0 Å². The fraction of sp³-hybridized carbons (Fsp3) is 0.438. The quantitative estimate of drug-likeness (QED) is 0.659. The lowest BCUT2D eigenvalue weighted by atomic mass is 9.86. The third-order valence-electron chi connectivity index (χ3n) is 4.22. The average molecular weight is 368 g/mol. The Hall–Kier alpha value is -2.42. The van der Waals surface area contributed by atoms with Crippen LogP contribution in [0.25, 0.3) is 0 Å². The Morgan fingerprint density at radius 1 is 1.08 bits per heavy atom. The molecule has 0 aliphatic heterocycles. The molecule has 25 heavy (non-hydrogen) atoms. The molecule has 0 atom stereocenters. The fourth-order valence-corrected chi connectivity index (χ4v) is 3.93. The highest BCUT2D eigenvalue weighted by Gasteiger charge is 2.27. The van der Waals surface area contributed by atoms with Gasteiger partial charge in [-0.25, -0.2) is 8.42 Å². The van der Waals surface area contributed by atoms with Gasteiger partial charge in [-0.15, -0.1) is 0 Å². The molecule has 2 rings (SSSR count). The summed E-state index contributed by atoms with van der Waals surface area (Å²) in [7, 11) is -3.81. The lowest BCUT2D eigenvalue weighted by Gasteiger charge is -2.26. The van der Waals surface area contributed by atoms with Crippen molar-refractivity contribution in [3.05, 3.63) is 29.8 Å². The first kappa shape index (κ1) is 18.9. The van der Waals surface area contributed by atoms with Gasteiger partial charge in [-0.05, 0) is 49.9 Å². The predicted molar refractivity (Wildman–Crippen MR) is 88.5 cm³/mol. The third-order valence-corrected chi connectivity index (χ3v) is 5.87. The lowest BCUT2D eigenvalue weighted by Crippen LogP contribution is -2.38. The number of carbonyl (C=O) groups excluding carboxylic acids is 2. The SMILES string of the molecule is NC(=O)CS(=O)(=O)c1ccc(C(=O)NC2CCC(C(=O)O)CC2)cc1. The van der Waals surface area contributed by atoms with Crippen molar-refractivity contribution in [1.29, 1.82) is 0 Å². The molecule has 1 aliphatic carbocycles. The normalized spacial score (nSPS) is 20.6. The molecular weight excluding hydrogens is 348 g/mol. The number of amides is 2. The summed E-state index contributed by atoms with van der Waals surface area (Å²) in [5, 5.41) is 11.8. The van der Waals surface area contributed by atoms with Crippen LogP contribution in [-0.2, 0) is 19.4 Å². The van der Waals surface area contributed by atoms with Crippen molar-refractivity contribution in [2.24, 2.45) is 11.7 Å². The Morgan fingerprint density at radius 2 is 1.64 bits per heavy atom. The molecule has 1 saturated carbocycles. The fourth-order valence-electron chi connectivity index (χ4n) is 2.84. The second kappa shape index (κ2) is 7.64. The summed E-state index contributed by atoms with van der Waals surface area (Å²) in [5.74, 6) is -3.25. The molecule has 0 saturated heterocycles. The molecule has 0 unspecified atom stereocenters. The molecule has 1 fully saturated rings. The molecule has 1 aromatic carbocycles. The number of hydrogen-bond acceptors (Lipinski definition) is 5. The van der Waals surface area contributed by atoms with Gasteiger partial charge in [-0.3, -0.25) is 14.4 Å². The molecule has 0 spiro atoms. The standard InChI is InChI=1S/C16H20N2O6S/c17-14(19)9-25(23,24)13-7-3-10(4-8-13)15(20)18-12-5-1-11(2-6-12)16(21)22/h3-4,7-8,11-12H,1-2,5-6,9H2,(H2,17,19)(H,18,20)(H,21,22). The van der Waals surface area contributed by atoms with Gasteiger partial charge in [0.05, 0.1) is 10.8 Å². The van der Waals surface area contributed by atoms with Crippen LogP contribution in [0.3, 0.4) is 0 Å². The van der Waals surface area contributed by atoms with Crippen molar-refractivity contribution in [1.82, 2.24) is 5.32 Å². The van der Waals surface area contributed by atoms with E-state index in [1.165, 1.54) is 24.3 Å². The lowest BCUT2D eigenvalue weighted by molar-refractivity contribution is -0.142. The number of primary amides is 1. The van der Waals surface area contributed by atoms with E-state index >= 15 is 0 Å². The van der Waals surface area contributed by atoms with Crippen LogP contribution in [0, 0.1) is 5.92 Å². The Bertz CT molecular complexity index is 764. The number of carboxylic acids is 1.